The highest BCUT2D eigenvalue weighted by molar-refractivity contribution is 9.13. The van der Waals surface area contributed by atoms with Crippen LogP contribution in [0.5, 0.6) is 0 Å². The molecule has 0 spiro atoms. The molecule has 0 fully saturated rings. The number of aromatic nitrogens is 1. The minimum atomic E-state index is -0.684. The largest absolute Gasteiger partial charge is 0.347 e. The van der Waals surface area contributed by atoms with Crippen LogP contribution in [0.25, 0.3) is 11.3 Å². The lowest BCUT2D eigenvalue weighted by Gasteiger charge is -1.98. The fourth-order valence-electron chi connectivity index (χ4n) is 1.11. The number of benzene rings is 1. The van der Waals surface area contributed by atoms with Gasteiger partial charge in [0.25, 0.3) is 0 Å². The second-order valence-electron chi connectivity index (χ2n) is 2.74. The lowest BCUT2D eigenvalue weighted by molar-refractivity contribution is 0.401. The van der Waals surface area contributed by atoms with Crippen molar-refractivity contribution in [2.45, 2.75) is 0 Å². The number of hydrogen-bond donors (Lipinski definition) is 0. The molecular weight excluding hydrogens is 336 g/mol. The van der Waals surface area contributed by atoms with Crippen LogP contribution in [0.1, 0.15) is 0 Å². The van der Waals surface area contributed by atoms with E-state index in [1.165, 1.54) is 6.07 Å². The van der Waals surface area contributed by atoms with Crippen LogP contribution in [-0.4, -0.2) is 5.16 Å². The second kappa shape index (κ2) is 4.02. The first-order valence-electron chi connectivity index (χ1n) is 3.85. The van der Waals surface area contributed by atoms with Crippen LogP contribution in [0, 0.1) is 11.6 Å². The van der Waals surface area contributed by atoms with Gasteiger partial charge in [-0.3, -0.25) is 0 Å². The standard InChI is InChI=1S/C9H3Br2F2NO/c10-7-8(14-15-9(7)11)5-2-1-4(12)3-6(5)13/h1-3H. The van der Waals surface area contributed by atoms with Gasteiger partial charge in [0.05, 0.1) is 0 Å². The Labute approximate surface area is 101 Å². The third-order valence-corrected chi connectivity index (χ3v) is 3.59. The molecule has 2 aromatic rings. The summed E-state index contributed by atoms with van der Waals surface area (Å²) in [5.74, 6) is -1.31. The monoisotopic (exact) mass is 337 g/mol. The van der Waals surface area contributed by atoms with E-state index in [1.54, 1.807) is 0 Å². The lowest BCUT2D eigenvalue weighted by atomic mass is 10.1. The van der Waals surface area contributed by atoms with Gasteiger partial charge in [0, 0.05) is 11.6 Å². The van der Waals surface area contributed by atoms with Gasteiger partial charge in [-0.2, -0.15) is 0 Å². The highest BCUT2D eigenvalue weighted by Crippen LogP contribution is 2.34. The van der Waals surface area contributed by atoms with Crippen LogP contribution in [0.3, 0.4) is 0 Å². The maximum atomic E-state index is 13.4. The van der Waals surface area contributed by atoms with Crippen molar-refractivity contribution in [2.75, 3.05) is 0 Å². The Morgan fingerprint density at radius 2 is 1.93 bits per heavy atom. The van der Waals surface area contributed by atoms with Crippen LogP contribution in [0.2, 0.25) is 0 Å². The second-order valence-corrected chi connectivity index (χ2v) is 4.26. The predicted octanol–water partition coefficient (Wildman–Crippen LogP) is 4.14. The molecule has 0 N–H and O–H groups in total. The van der Waals surface area contributed by atoms with Gasteiger partial charge in [0.1, 0.15) is 21.8 Å². The molecule has 6 heteroatoms. The maximum absolute atomic E-state index is 13.4. The molecule has 0 atom stereocenters. The fraction of sp³-hybridized carbons (Fsp3) is 0. The van der Waals surface area contributed by atoms with Gasteiger partial charge in [0.2, 0.25) is 4.67 Å². The normalized spacial score (nSPS) is 10.7. The zero-order valence-corrected chi connectivity index (χ0v) is 10.3. The molecule has 78 valence electrons. The molecule has 1 heterocycles. The van der Waals surface area contributed by atoms with E-state index in [0.29, 0.717) is 14.8 Å². The van der Waals surface area contributed by atoms with Gasteiger partial charge in [-0.25, -0.2) is 8.78 Å². The highest BCUT2D eigenvalue weighted by atomic mass is 79.9. The van der Waals surface area contributed by atoms with Gasteiger partial charge in [-0.15, -0.1) is 0 Å². The van der Waals surface area contributed by atoms with E-state index >= 15 is 0 Å². The van der Waals surface area contributed by atoms with Crippen molar-refractivity contribution < 1.29 is 13.3 Å². The van der Waals surface area contributed by atoms with Crippen molar-refractivity contribution in [3.05, 3.63) is 39.0 Å². The van der Waals surface area contributed by atoms with Gasteiger partial charge >= 0.3 is 0 Å². The van der Waals surface area contributed by atoms with Gasteiger partial charge in [0.15, 0.2) is 0 Å². The van der Waals surface area contributed by atoms with Crippen molar-refractivity contribution in [3.8, 4) is 11.3 Å². The Morgan fingerprint density at radius 3 is 2.47 bits per heavy atom. The molecule has 15 heavy (non-hydrogen) atoms. The van der Waals surface area contributed by atoms with E-state index < -0.39 is 11.6 Å². The fourth-order valence-corrected chi connectivity index (χ4v) is 1.73. The van der Waals surface area contributed by atoms with Crippen LogP contribution in [-0.2, 0) is 0 Å². The number of hydrogen-bond acceptors (Lipinski definition) is 2. The molecule has 0 amide bonds. The van der Waals surface area contributed by atoms with Crippen LogP contribution in [0.4, 0.5) is 8.78 Å². The van der Waals surface area contributed by atoms with Crippen molar-refractivity contribution in [1.29, 1.82) is 0 Å². The minimum absolute atomic E-state index is 0.178. The molecule has 0 bridgehead atoms. The minimum Gasteiger partial charge on any atom is -0.347 e. The van der Waals surface area contributed by atoms with Gasteiger partial charge < -0.3 is 4.52 Å². The molecule has 1 aromatic carbocycles. The van der Waals surface area contributed by atoms with E-state index in [0.717, 1.165) is 12.1 Å². The van der Waals surface area contributed by atoms with Gasteiger partial charge in [-0.05, 0) is 44.0 Å². The summed E-state index contributed by atoms with van der Waals surface area (Å²) in [6.45, 7) is 0. The smallest absolute Gasteiger partial charge is 0.216 e. The molecule has 0 saturated carbocycles. The Kier molecular flexibility index (Phi) is 2.88. The molecular formula is C9H3Br2F2NO. The van der Waals surface area contributed by atoms with E-state index in [9.17, 15) is 8.78 Å². The van der Waals surface area contributed by atoms with E-state index in [1.807, 2.05) is 0 Å². The molecule has 0 unspecified atom stereocenters. The summed E-state index contributed by atoms with van der Waals surface area (Å²) < 4.78 is 31.7. The Morgan fingerprint density at radius 1 is 1.20 bits per heavy atom. The average molecular weight is 339 g/mol. The quantitative estimate of drug-likeness (QED) is 0.780. The number of halogens is 4. The molecule has 0 aliphatic carbocycles. The number of nitrogens with zero attached hydrogens (tertiary/aromatic N) is 1. The average Bonchev–Trinajstić information content (AvgIpc) is 2.49. The van der Waals surface area contributed by atoms with E-state index in [-0.39, 0.29) is 5.56 Å². The first-order valence-corrected chi connectivity index (χ1v) is 5.44. The van der Waals surface area contributed by atoms with Crippen LogP contribution in [0.15, 0.2) is 31.9 Å². The summed E-state index contributed by atoms with van der Waals surface area (Å²) >= 11 is 6.26. The first kappa shape index (κ1) is 10.8. The molecule has 1 aromatic heterocycles. The number of rotatable bonds is 1. The lowest BCUT2D eigenvalue weighted by Crippen LogP contribution is -1.86. The third-order valence-electron chi connectivity index (χ3n) is 1.78. The maximum Gasteiger partial charge on any atom is 0.216 e. The molecule has 0 radical (unpaired) electrons. The summed E-state index contributed by atoms with van der Waals surface area (Å²) in [4.78, 5) is 0. The summed E-state index contributed by atoms with van der Waals surface area (Å²) in [5, 5.41) is 3.64. The van der Waals surface area contributed by atoms with Crippen molar-refractivity contribution in [1.82, 2.24) is 5.16 Å². The third kappa shape index (κ3) is 1.96. The Bertz CT molecular complexity index is 513. The summed E-state index contributed by atoms with van der Waals surface area (Å²) in [5.41, 5.74) is 0.470. The summed E-state index contributed by atoms with van der Waals surface area (Å²) in [7, 11) is 0. The molecule has 2 rings (SSSR count). The van der Waals surface area contributed by atoms with Crippen molar-refractivity contribution in [2.24, 2.45) is 0 Å². The van der Waals surface area contributed by atoms with E-state index in [4.69, 9.17) is 4.52 Å². The van der Waals surface area contributed by atoms with Crippen molar-refractivity contribution >= 4 is 31.9 Å². The predicted molar refractivity (Wildman–Crippen MR) is 57.3 cm³/mol. The Balaban J connectivity index is 2.59. The molecule has 0 saturated heterocycles. The van der Waals surface area contributed by atoms with E-state index in [2.05, 4.69) is 37.0 Å². The van der Waals surface area contributed by atoms with Gasteiger partial charge in [-0.1, -0.05) is 5.16 Å². The SMILES string of the molecule is Fc1ccc(-c2noc(Br)c2Br)c(F)c1. The highest BCUT2D eigenvalue weighted by Gasteiger charge is 2.16. The zero-order chi connectivity index (χ0) is 11.0. The molecule has 0 aliphatic heterocycles. The molecule has 2 nitrogen and oxygen atoms in total. The topological polar surface area (TPSA) is 26.0 Å². The first-order chi connectivity index (χ1) is 7.09. The summed E-state index contributed by atoms with van der Waals surface area (Å²) in [6.07, 6.45) is 0. The Hall–Kier alpha value is -0.750. The summed E-state index contributed by atoms with van der Waals surface area (Å²) in [6, 6.07) is 3.26. The zero-order valence-electron chi connectivity index (χ0n) is 7.10. The van der Waals surface area contributed by atoms with Crippen molar-refractivity contribution in [3.63, 3.8) is 0 Å². The molecule has 0 aliphatic rings. The van der Waals surface area contributed by atoms with Crippen LogP contribution < -0.4 is 0 Å². The van der Waals surface area contributed by atoms with Crippen LogP contribution >= 0.6 is 31.9 Å².